The van der Waals surface area contributed by atoms with Crippen molar-refractivity contribution in [1.82, 2.24) is 0 Å². The molecule has 0 aliphatic heterocycles. The Morgan fingerprint density at radius 1 is 1.38 bits per heavy atom. The van der Waals surface area contributed by atoms with Crippen molar-refractivity contribution in [2.45, 2.75) is 58.7 Å². The van der Waals surface area contributed by atoms with E-state index in [0.717, 1.165) is 19.3 Å². The van der Waals surface area contributed by atoms with E-state index >= 15 is 0 Å². The van der Waals surface area contributed by atoms with E-state index in [9.17, 15) is 8.76 Å². The fraction of sp³-hybridized carbons (Fsp3) is 1.00. The first-order chi connectivity index (χ1) is 5.90. The molecule has 0 heterocycles. The van der Waals surface area contributed by atoms with Gasteiger partial charge in [0.1, 0.15) is 0 Å². The quantitative estimate of drug-likeness (QED) is 0.615. The fourth-order valence-corrected chi connectivity index (χ4v) is 1.75. The lowest BCUT2D eigenvalue weighted by molar-refractivity contribution is 0.190. The molecule has 0 N–H and O–H groups in total. The van der Waals surface area contributed by atoms with E-state index in [0.29, 0.717) is 0 Å². The highest BCUT2D eigenvalue weighted by Crippen LogP contribution is 2.54. The van der Waals surface area contributed by atoms with Crippen molar-refractivity contribution in [3.63, 3.8) is 0 Å². The molecule has 0 radical (unpaired) electrons. The molecule has 0 aliphatic carbocycles. The van der Waals surface area contributed by atoms with Crippen molar-refractivity contribution in [3.8, 4) is 0 Å². The van der Waals surface area contributed by atoms with E-state index in [4.69, 9.17) is 4.52 Å². The number of hydrogen-bond donors (Lipinski definition) is 0. The maximum atomic E-state index is 13.2. The topological polar surface area (TPSA) is 26.3 Å². The van der Waals surface area contributed by atoms with E-state index in [2.05, 4.69) is 6.92 Å². The second-order valence-corrected chi connectivity index (χ2v) is 5.96. The average Bonchev–Trinajstić information content (AvgIpc) is 1.99. The van der Waals surface area contributed by atoms with Gasteiger partial charge in [0.05, 0.1) is 11.8 Å². The van der Waals surface area contributed by atoms with Gasteiger partial charge in [0.2, 0.25) is 0 Å². The third-order valence-electron chi connectivity index (χ3n) is 1.90. The summed E-state index contributed by atoms with van der Waals surface area (Å²) in [6, 6.07) is 0. The Balaban J connectivity index is 3.90. The molecule has 0 aromatic rings. The van der Waals surface area contributed by atoms with Crippen LogP contribution in [0, 0.1) is 0 Å². The van der Waals surface area contributed by atoms with Gasteiger partial charge in [-0.3, -0.25) is 4.57 Å². The predicted octanol–water partition coefficient (Wildman–Crippen LogP) is 4.15. The smallest absolute Gasteiger partial charge is 0.302 e. The number of rotatable bonds is 6. The normalized spacial score (nSPS) is 18.6. The van der Waals surface area contributed by atoms with E-state index < -0.39 is 13.3 Å². The Labute approximate surface area is 80.4 Å². The minimum absolute atomic E-state index is 0.238. The summed E-state index contributed by atoms with van der Waals surface area (Å²) in [4.78, 5) is 0. The third-order valence-corrected chi connectivity index (χ3v) is 3.79. The first-order valence-corrected chi connectivity index (χ1v) is 6.46. The Hall–Kier alpha value is 0.120. The van der Waals surface area contributed by atoms with Crippen LogP contribution in [0.2, 0.25) is 0 Å². The van der Waals surface area contributed by atoms with Gasteiger partial charge in [-0.1, -0.05) is 33.6 Å². The monoisotopic (exact) mass is 210 g/mol. The second-order valence-electron chi connectivity index (χ2n) is 3.67. The molecule has 2 unspecified atom stereocenters. The predicted molar refractivity (Wildman–Crippen MR) is 53.9 cm³/mol. The van der Waals surface area contributed by atoms with Gasteiger partial charge in [-0.15, -0.1) is 0 Å². The van der Waals surface area contributed by atoms with Crippen molar-refractivity contribution in [2.75, 3.05) is 0 Å². The molecule has 2 nitrogen and oxygen atoms in total. The van der Waals surface area contributed by atoms with Crippen LogP contribution in [0.25, 0.3) is 0 Å². The molecular formula is C9H20FO2P. The molecule has 13 heavy (non-hydrogen) atoms. The summed E-state index contributed by atoms with van der Waals surface area (Å²) in [7, 11) is -3.86. The summed E-state index contributed by atoms with van der Waals surface area (Å²) in [6.07, 6.45) is 2.57. The molecule has 0 rings (SSSR count). The molecule has 0 aromatic heterocycles. The molecule has 0 saturated carbocycles. The molecule has 4 heteroatoms. The minimum Gasteiger partial charge on any atom is -0.302 e. The van der Waals surface area contributed by atoms with Gasteiger partial charge >= 0.3 is 7.68 Å². The summed E-state index contributed by atoms with van der Waals surface area (Å²) in [5, 5.41) is 0. The van der Waals surface area contributed by atoms with Gasteiger partial charge in [-0.25, -0.2) is 0 Å². The van der Waals surface area contributed by atoms with E-state index in [1.807, 2.05) is 0 Å². The summed E-state index contributed by atoms with van der Waals surface area (Å²) < 4.78 is 29.3. The zero-order valence-corrected chi connectivity index (χ0v) is 9.81. The Morgan fingerprint density at radius 2 is 1.92 bits per heavy atom. The zero-order chi connectivity index (χ0) is 10.5. The molecule has 0 amide bonds. The molecule has 0 fully saturated rings. The molecular weight excluding hydrogens is 190 g/mol. The average molecular weight is 210 g/mol. The van der Waals surface area contributed by atoms with Crippen molar-refractivity contribution >= 4 is 7.68 Å². The van der Waals surface area contributed by atoms with Crippen molar-refractivity contribution in [1.29, 1.82) is 0 Å². The van der Waals surface area contributed by atoms with Gasteiger partial charge in [-0.05, 0) is 13.3 Å². The minimum atomic E-state index is -3.86. The highest BCUT2D eigenvalue weighted by Gasteiger charge is 2.29. The molecule has 0 aromatic carbocycles. The SMILES string of the molecule is CCCCC(C)OP(=O)(F)C(C)C. The van der Waals surface area contributed by atoms with Crippen LogP contribution in [0.15, 0.2) is 0 Å². The summed E-state index contributed by atoms with van der Waals surface area (Å²) in [6.45, 7) is 6.98. The van der Waals surface area contributed by atoms with Crippen LogP contribution in [0.5, 0.6) is 0 Å². The number of halogens is 1. The Bertz CT molecular complexity index is 182. The van der Waals surface area contributed by atoms with Crippen LogP contribution < -0.4 is 0 Å². The van der Waals surface area contributed by atoms with Crippen molar-refractivity contribution < 1.29 is 13.3 Å². The van der Waals surface area contributed by atoms with E-state index in [1.54, 1.807) is 20.8 Å². The lowest BCUT2D eigenvalue weighted by atomic mass is 10.2. The van der Waals surface area contributed by atoms with Gasteiger partial charge in [0.25, 0.3) is 0 Å². The molecule has 0 spiro atoms. The second kappa shape index (κ2) is 5.77. The highest BCUT2D eigenvalue weighted by molar-refractivity contribution is 7.54. The fourth-order valence-electron chi connectivity index (χ4n) is 0.911. The van der Waals surface area contributed by atoms with Crippen LogP contribution in [-0.4, -0.2) is 11.8 Å². The first-order valence-electron chi connectivity index (χ1n) is 4.88. The molecule has 80 valence electrons. The van der Waals surface area contributed by atoms with Gasteiger partial charge < -0.3 is 4.52 Å². The highest BCUT2D eigenvalue weighted by atomic mass is 31.2. The van der Waals surface area contributed by atoms with Gasteiger partial charge in [0.15, 0.2) is 0 Å². The van der Waals surface area contributed by atoms with E-state index in [1.165, 1.54) is 0 Å². The maximum Gasteiger partial charge on any atom is 0.370 e. The maximum absolute atomic E-state index is 13.2. The van der Waals surface area contributed by atoms with Gasteiger partial charge in [0, 0.05) is 0 Å². The molecule has 2 atom stereocenters. The Kier molecular flexibility index (Phi) is 5.82. The molecule has 0 bridgehead atoms. The number of unbranched alkanes of at least 4 members (excludes halogenated alkanes) is 1. The number of hydrogen-bond acceptors (Lipinski definition) is 2. The van der Waals surface area contributed by atoms with Crippen LogP contribution in [0.4, 0.5) is 4.20 Å². The lowest BCUT2D eigenvalue weighted by Crippen LogP contribution is -2.08. The molecule has 0 aliphatic rings. The molecule has 0 saturated heterocycles. The summed E-state index contributed by atoms with van der Waals surface area (Å²) in [5.41, 5.74) is -0.531. The standard InChI is InChI=1S/C9H20FO2P/c1-5-6-7-9(4)12-13(10,11)8(2)3/h8-9H,5-7H2,1-4H3. The first kappa shape index (κ1) is 13.1. The van der Waals surface area contributed by atoms with Crippen LogP contribution in [0.3, 0.4) is 0 Å². The van der Waals surface area contributed by atoms with Crippen LogP contribution in [-0.2, 0) is 9.09 Å². The van der Waals surface area contributed by atoms with Gasteiger partial charge in [-0.2, -0.15) is 4.20 Å². The van der Waals surface area contributed by atoms with Crippen LogP contribution in [0.1, 0.15) is 47.0 Å². The largest absolute Gasteiger partial charge is 0.370 e. The van der Waals surface area contributed by atoms with Crippen molar-refractivity contribution in [2.24, 2.45) is 0 Å². The third kappa shape index (κ3) is 5.43. The van der Waals surface area contributed by atoms with E-state index in [-0.39, 0.29) is 6.10 Å². The lowest BCUT2D eigenvalue weighted by Gasteiger charge is -2.18. The zero-order valence-electron chi connectivity index (χ0n) is 8.92. The Morgan fingerprint density at radius 3 is 2.31 bits per heavy atom. The van der Waals surface area contributed by atoms with Crippen molar-refractivity contribution in [3.05, 3.63) is 0 Å². The van der Waals surface area contributed by atoms with Crippen LogP contribution >= 0.6 is 7.68 Å². The summed E-state index contributed by atoms with van der Waals surface area (Å²) >= 11 is 0. The summed E-state index contributed by atoms with van der Waals surface area (Å²) in [5.74, 6) is 0.